The second-order valence-electron chi connectivity index (χ2n) is 8.05. The van der Waals surface area contributed by atoms with E-state index in [1.54, 1.807) is 0 Å². The molecule has 0 bridgehead atoms. The third-order valence-electron chi connectivity index (χ3n) is 5.76. The Bertz CT molecular complexity index is 595. The van der Waals surface area contributed by atoms with Crippen molar-refractivity contribution in [2.24, 2.45) is 0 Å². The van der Waals surface area contributed by atoms with Crippen LogP contribution in [0.2, 0.25) is 0 Å². The first-order chi connectivity index (χ1) is 14.5. The van der Waals surface area contributed by atoms with Crippen LogP contribution in [-0.4, -0.2) is 145 Å². The Morgan fingerprint density at radius 2 is 1.55 bits per heavy atom. The summed E-state index contributed by atoms with van der Waals surface area (Å²) >= 11 is 0. The van der Waals surface area contributed by atoms with Crippen molar-refractivity contribution >= 4 is 0 Å². The molecule has 3 fully saturated rings. The first kappa shape index (κ1) is 25.1. The summed E-state index contributed by atoms with van der Waals surface area (Å²) in [5.41, 5.74) is -2.00. The minimum absolute atomic E-state index is 0.469. The zero-order valence-corrected chi connectivity index (χ0v) is 16.6. The molecule has 0 radical (unpaired) electrons. The van der Waals surface area contributed by atoms with E-state index in [0.717, 1.165) is 0 Å². The maximum absolute atomic E-state index is 10.5. The molecule has 0 aromatic heterocycles. The topological polar surface area (TPSA) is 228 Å². The van der Waals surface area contributed by atoms with Crippen molar-refractivity contribution in [1.82, 2.24) is 0 Å². The van der Waals surface area contributed by atoms with E-state index in [-0.39, 0.29) is 0 Å². The van der Waals surface area contributed by atoms with Gasteiger partial charge in [-0.15, -0.1) is 0 Å². The first-order valence-electron chi connectivity index (χ1n) is 9.79. The molecule has 3 saturated heterocycles. The van der Waals surface area contributed by atoms with Crippen LogP contribution < -0.4 is 0 Å². The van der Waals surface area contributed by atoms with Crippen molar-refractivity contribution in [2.45, 2.75) is 86.3 Å². The van der Waals surface area contributed by atoms with Crippen molar-refractivity contribution in [3.63, 3.8) is 0 Å². The lowest BCUT2D eigenvalue weighted by Gasteiger charge is -2.43. The lowest BCUT2D eigenvalue weighted by molar-refractivity contribution is -0.337. The quantitative estimate of drug-likeness (QED) is 0.181. The molecule has 14 nitrogen and oxygen atoms in total. The molecule has 14 heteroatoms. The molecular weight excluding hydrogens is 428 g/mol. The van der Waals surface area contributed by atoms with Crippen LogP contribution in [0.25, 0.3) is 0 Å². The third kappa shape index (κ3) is 4.87. The highest BCUT2D eigenvalue weighted by Crippen LogP contribution is 2.31. The summed E-state index contributed by atoms with van der Waals surface area (Å²) in [6.07, 6.45) is -18.1. The molecule has 3 heterocycles. The number of hydrogen-bond acceptors (Lipinski definition) is 14. The summed E-state index contributed by atoms with van der Waals surface area (Å²) in [7, 11) is 0. The van der Waals surface area contributed by atoms with Gasteiger partial charge in [0.2, 0.25) is 0 Å². The van der Waals surface area contributed by atoms with Gasteiger partial charge < -0.3 is 69.6 Å². The van der Waals surface area contributed by atoms with Crippen LogP contribution in [0.15, 0.2) is 0 Å². The Kier molecular flexibility index (Phi) is 7.88. The van der Waals surface area contributed by atoms with E-state index in [1.165, 1.54) is 6.92 Å². The summed E-state index contributed by atoms with van der Waals surface area (Å²) in [5, 5.41) is 89.5. The van der Waals surface area contributed by atoms with E-state index in [2.05, 4.69) is 0 Å². The molecule has 13 atom stereocenters. The van der Waals surface area contributed by atoms with E-state index in [1.807, 2.05) is 0 Å². The molecule has 3 rings (SSSR count). The summed E-state index contributed by atoms with van der Waals surface area (Å²) in [5.74, 6) is 0. The molecule has 1 unspecified atom stereocenters. The van der Waals surface area contributed by atoms with Crippen molar-refractivity contribution in [2.75, 3.05) is 19.8 Å². The normalized spacial score (nSPS) is 53.6. The molecule has 0 spiro atoms. The van der Waals surface area contributed by atoms with Crippen LogP contribution in [0.3, 0.4) is 0 Å². The molecule has 0 amide bonds. The van der Waals surface area contributed by atoms with Crippen molar-refractivity contribution in [3.05, 3.63) is 0 Å². The van der Waals surface area contributed by atoms with Crippen LogP contribution in [0.5, 0.6) is 0 Å². The molecule has 0 saturated carbocycles. The smallest absolute Gasteiger partial charge is 0.187 e. The molecule has 3 aliphatic rings. The van der Waals surface area contributed by atoms with E-state index >= 15 is 0 Å². The van der Waals surface area contributed by atoms with E-state index in [4.69, 9.17) is 23.7 Å². The van der Waals surface area contributed by atoms with E-state index < -0.39 is 99.2 Å². The van der Waals surface area contributed by atoms with Crippen LogP contribution in [0, 0.1) is 0 Å². The van der Waals surface area contributed by atoms with Gasteiger partial charge in [-0.1, -0.05) is 0 Å². The molecule has 0 aliphatic carbocycles. The zero-order chi connectivity index (χ0) is 23.1. The van der Waals surface area contributed by atoms with E-state index in [9.17, 15) is 46.0 Å². The van der Waals surface area contributed by atoms with Crippen molar-refractivity contribution in [1.29, 1.82) is 0 Å². The monoisotopic (exact) mass is 458 g/mol. The number of aliphatic hydroxyl groups excluding tert-OH is 8. The largest absolute Gasteiger partial charge is 0.393 e. The Morgan fingerprint density at radius 3 is 2.16 bits per heavy atom. The predicted molar refractivity (Wildman–Crippen MR) is 93.9 cm³/mol. The average molecular weight is 458 g/mol. The van der Waals surface area contributed by atoms with Gasteiger partial charge in [-0.3, -0.25) is 0 Å². The van der Waals surface area contributed by atoms with Gasteiger partial charge >= 0.3 is 0 Å². The van der Waals surface area contributed by atoms with Gasteiger partial charge in [0.05, 0.1) is 25.9 Å². The van der Waals surface area contributed by atoms with Crippen LogP contribution in [0.1, 0.15) is 6.92 Å². The average Bonchev–Trinajstić information content (AvgIpc) is 3.03. The lowest BCUT2D eigenvalue weighted by Crippen LogP contribution is -2.62. The fraction of sp³-hybridized carbons (Fsp3) is 1.00. The molecule has 31 heavy (non-hydrogen) atoms. The zero-order valence-electron chi connectivity index (χ0n) is 16.6. The van der Waals surface area contributed by atoms with Crippen molar-refractivity contribution < 1.29 is 69.6 Å². The predicted octanol–water partition coefficient (Wildman–Crippen LogP) is -5.90. The second-order valence-corrected chi connectivity index (χ2v) is 8.05. The Labute approximate surface area is 176 Å². The highest BCUT2D eigenvalue weighted by molar-refractivity contribution is 4.96. The Balaban J connectivity index is 1.62. The minimum Gasteiger partial charge on any atom is -0.393 e. The standard InChI is InChI=1S/C17H30O14/c1-5-7(19)9(21)10(22)15(29-5)27-2-6-8(20)12(11(23)14(25)30-6)31-16-13(24)17(26,3-18)4-28-16/h5-16,18-26H,2-4H2,1H3/t5-,6+,7-,8+,9+,10+,11+,12-,13+,14?,15+,16-,17-/m0/s1. The summed E-state index contributed by atoms with van der Waals surface area (Å²) in [4.78, 5) is 0. The van der Waals surface area contributed by atoms with E-state index in [0.29, 0.717) is 0 Å². The third-order valence-corrected chi connectivity index (χ3v) is 5.76. The summed E-state index contributed by atoms with van der Waals surface area (Å²) < 4.78 is 26.2. The highest BCUT2D eigenvalue weighted by atomic mass is 16.7. The summed E-state index contributed by atoms with van der Waals surface area (Å²) in [6.45, 7) is -0.332. The van der Waals surface area contributed by atoms with Crippen LogP contribution >= 0.6 is 0 Å². The van der Waals surface area contributed by atoms with Crippen LogP contribution in [-0.2, 0) is 23.7 Å². The van der Waals surface area contributed by atoms with Gasteiger partial charge in [0.25, 0.3) is 0 Å². The highest BCUT2D eigenvalue weighted by Gasteiger charge is 2.53. The fourth-order valence-electron chi connectivity index (χ4n) is 3.62. The number of hydrogen-bond donors (Lipinski definition) is 9. The van der Waals surface area contributed by atoms with Gasteiger partial charge in [0.1, 0.15) is 54.4 Å². The molecular formula is C17H30O14. The van der Waals surface area contributed by atoms with Crippen molar-refractivity contribution in [3.8, 4) is 0 Å². The van der Waals surface area contributed by atoms with Gasteiger partial charge in [0.15, 0.2) is 18.9 Å². The molecule has 9 N–H and O–H groups in total. The first-order valence-corrected chi connectivity index (χ1v) is 9.79. The molecule has 0 aromatic carbocycles. The maximum atomic E-state index is 10.5. The number of ether oxygens (including phenoxy) is 5. The maximum Gasteiger partial charge on any atom is 0.187 e. The van der Waals surface area contributed by atoms with Crippen LogP contribution in [0.4, 0.5) is 0 Å². The fourth-order valence-corrected chi connectivity index (χ4v) is 3.62. The minimum atomic E-state index is -2.00. The second kappa shape index (κ2) is 9.74. The summed E-state index contributed by atoms with van der Waals surface area (Å²) in [6, 6.07) is 0. The van der Waals surface area contributed by atoms with Gasteiger partial charge in [-0.2, -0.15) is 0 Å². The van der Waals surface area contributed by atoms with Gasteiger partial charge in [0, 0.05) is 0 Å². The Hall–Kier alpha value is -0.560. The number of rotatable bonds is 6. The SMILES string of the molecule is C[C@@H]1O[C@@H](OC[C@H]2OC(O)[C@H](O)[C@@H](O[C@@H]3OC[C@@](O)(CO)[C@@H]3O)[C@@H]2O)[C@H](O)[C@H](O)[C@H]1O. The number of aliphatic hydroxyl groups is 9. The van der Waals surface area contributed by atoms with Gasteiger partial charge in [-0.05, 0) is 6.92 Å². The van der Waals surface area contributed by atoms with Gasteiger partial charge in [-0.25, -0.2) is 0 Å². The Morgan fingerprint density at radius 1 is 0.871 bits per heavy atom. The lowest BCUT2D eigenvalue weighted by atomic mass is 9.97. The molecule has 0 aromatic rings. The molecule has 182 valence electrons. The molecule has 3 aliphatic heterocycles.